The zero-order valence-corrected chi connectivity index (χ0v) is 18.9. The van der Waals surface area contributed by atoms with Crippen molar-refractivity contribution in [2.45, 2.75) is 24.5 Å². The van der Waals surface area contributed by atoms with E-state index in [-0.39, 0.29) is 23.7 Å². The fraction of sp³-hybridized carbons (Fsp3) is 0.545. The van der Waals surface area contributed by atoms with Gasteiger partial charge >= 0.3 is 23.5 Å². The maximum absolute atomic E-state index is 12.2. The molecule has 1 aliphatic rings. The topological polar surface area (TPSA) is 288 Å². The number of anilines is 1. The van der Waals surface area contributed by atoms with Crippen LogP contribution >= 0.6 is 23.5 Å². The van der Waals surface area contributed by atoms with E-state index in [0.29, 0.717) is 0 Å². The van der Waals surface area contributed by atoms with E-state index in [1.807, 2.05) is 0 Å². The average Bonchev–Trinajstić information content (AvgIpc) is 3.15. The summed E-state index contributed by atoms with van der Waals surface area (Å²) in [5, 5.41) is 10.7. The monoisotopic (exact) mass is 537 g/mol. The fourth-order valence-corrected chi connectivity index (χ4v) is 6.19. The first kappa shape index (κ1) is 26.1. The predicted octanol–water partition coefficient (Wildman–Crippen LogP) is -1.68. The first-order chi connectivity index (χ1) is 15.1. The van der Waals surface area contributed by atoms with E-state index in [4.69, 9.17) is 29.5 Å². The Morgan fingerprint density at radius 3 is 2.48 bits per heavy atom. The lowest BCUT2D eigenvalue weighted by molar-refractivity contribution is -0.0577. The minimum absolute atomic E-state index is 0.115. The second-order valence-corrected chi connectivity index (χ2v) is 10.8. The molecule has 33 heavy (non-hydrogen) atoms. The summed E-state index contributed by atoms with van der Waals surface area (Å²) in [5.41, 5.74) is 4.54. The van der Waals surface area contributed by atoms with E-state index < -0.39 is 53.6 Å². The number of ether oxygens (including phenoxy) is 2. The van der Waals surface area contributed by atoms with Crippen LogP contribution in [0.5, 0.6) is 0 Å². The Hall–Kier alpha value is -1.56. The number of hydrogen-bond acceptors (Lipinski definition) is 13. The van der Waals surface area contributed by atoms with Crippen molar-refractivity contribution in [3.05, 3.63) is 16.7 Å². The van der Waals surface area contributed by atoms with Crippen LogP contribution in [0.4, 0.5) is 5.95 Å². The van der Waals surface area contributed by atoms with Crippen molar-refractivity contribution in [1.29, 1.82) is 0 Å². The van der Waals surface area contributed by atoms with Gasteiger partial charge in [-0.1, -0.05) is 0 Å². The summed E-state index contributed by atoms with van der Waals surface area (Å²) in [6, 6.07) is 0. The SMILES string of the molecule is COC[C@H]1O[C@@H](n2cnc3c(=O)[nH]c(N)nc32)[C@H](O)[C@@H]1OP(=O)(O)OP(=O)(O)OP(=O)(O)O. The molecule has 3 rings (SSSR count). The molecule has 1 fully saturated rings. The number of phosphoric acid groups is 3. The Labute approximate surface area is 182 Å². The smallest absolute Gasteiger partial charge is 0.386 e. The second kappa shape index (κ2) is 9.24. The fourth-order valence-electron chi connectivity index (χ4n) is 2.96. The van der Waals surface area contributed by atoms with Gasteiger partial charge in [0.2, 0.25) is 5.95 Å². The minimum atomic E-state index is -5.79. The summed E-state index contributed by atoms with van der Waals surface area (Å²) < 4.78 is 58.1. The maximum atomic E-state index is 12.2. The largest absolute Gasteiger partial charge is 0.490 e. The molecule has 6 atom stereocenters. The van der Waals surface area contributed by atoms with E-state index in [1.54, 1.807) is 0 Å². The number of nitrogen functional groups attached to an aromatic ring is 1. The molecule has 8 N–H and O–H groups in total. The van der Waals surface area contributed by atoms with Crippen LogP contribution in [0.3, 0.4) is 0 Å². The summed E-state index contributed by atoms with van der Waals surface area (Å²) in [5.74, 6) is -0.278. The summed E-state index contributed by atoms with van der Waals surface area (Å²) in [7, 11) is -15.8. The van der Waals surface area contributed by atoms with Gasteiger partial charge in [-0.2, -0.15) is 13.6 Å². The number of phosphoric ester groups is 1. The van der Waals surface area contributed by atoms with E-state index in [9.17, 15) is 33.4 Å². The number of hydrogen-bond donors (Lipinski definition) is 7. The molecule has 0 amide bonds. The first-order valence-electron chi connectivity index (χ1n) is 8.49. The van der Waals surface area contributed by atoms with Gasteiger partial charge in [0.15, 0.2) is 17.4 Å². The third-order valence-corrected chi connectivity index (χ3v) is 7.87. The number of nitrogens with one attached hydrogen (secondary N) is 1. The van der Waals surface area contributed by atoms with Gasteiger partial charge in [0.1, 0.15) is 18.3 Å². The molecular weight excluding hydrogens is 519 g/mol. The first-order valence-corrected chi connectivity index (χ1v) is 13.0. The molecule has 0 aliphatic carbocycles. The molecule has 0 bridgehead atoms. The number of aromatic nitrogens is 4. The van der Waals surface area contributed by atoms with Crippen LogP contribution in [-0.2, 0) is 36.3 Å². The lowest BCUT2D eigenvalue weighted by atomic mass is 10.1. The number of aliphatic hydroxyl groups excluding tert-OH is 1. The van der Waals surface area contributed by atoms with Crippen LogP contribution in [0.25, 0.3) is 11.2 Å². The molecule has 1 aliphatic heterocycles. The molecule has 22 heteroatoms. The Kier molecular flexibility index (Phi) is 7.29. The third kappa shape index (κ3) is 6.12. The normalized spacial score (nSPS) is 27.5. The third-order valence-electron chi connectivity index (χ3n) is 4.04. The van der Waals surface area contributed by atoms with Crippen molar-refractivity contribution in [2.24, 2.45) is 0 Å². The number of nitrogens with zero attached hydrogens (tertiary/aromatic N) is 3. The molecule has 1 saturated heterocycles. The van der Waals surface area contributed by atoms with Crippen LogP contribution < -0.4 is 11.3 Å². The Balaban J connectivity index is 1.88. The summed E-state index contributed by atoms with van der Waals surface area (Å²) in [6.07, 6.45) is -5.23. The average molecular weight is 537 g/mol. The summed E-state index contributed by atoms with van der Waals surface area (Å²) in [6.45, 7) is -0.337. The zero-order chi connectivity index (χ0) is 24.8. The van der Waals surface area contributed by atoms with Crippen molar-refractivity contribution in [3.8, 4) is 0 Å². The van der Waals surface area contributed by atoms with Crippen molar-refractivity contribution < 1.29 is 61.0 Å². The Bertz CT molecular complexity index is 1230. The highest BCUT2D eigenvalue weighted by Crippen LogP contribution is 2.67. The van der Waals surface area contributed by atoms with E-state index in [2.05, 4.69) is 23.6 Å². The molecule has 2 unspecified atom stereocenters. The molecule has 0 aromatic carbocycles. The van der Waals surface area contributed by atoms with Crippen LogP contribution in [-0.4, -0.2) is 76.2 Å². The van der Waals surface area contributed by atoms with Gasteiger partial charge in [-0.05, 0) is 0 Å². The van der Waals surface area contributed by atoms with Gasteiger partial charge in [0, 0.05) is 7.11 Å². The number of imidazole rings is 1. The lowest BCUT2D eigenvalue weighted by Gasteiger charge is -2.23. The Morgan fingerprint density at radius 1 is 1.21 bits per heavy atom. The van der Waals surface area contributed by atoms with Gasteiger partial charge in [0.25, 0.3) is 5.56 Å². The van der Waals surface area contributed by atoms with Crippen LogP contribution in [0.15, 0.2) is 11.1 Å². The molecule has 19 nitrogen and oxygen atoms in total. The summed E-state index contributed by atoms with van der Waals surface area (Å²) in [4.78, 5) is 58.2. The standard InChI is InChI=1S/C11H18N5O14P3/c1-26-2-4-7(28-32(22,23)30-33(24,25)29-31(19,20)21)6(17)10(27-4)16-3-13-5-8(16)14-11(12)15-9(5)18/h3-4,6-7,10,17H,2H2,1H3,(H,22,23)(H,24,25)(H2,19,20,21)(H3,12,14,15,18)/t4-,6-,7-,10-/m1/s1. The molecule has 3 heterocycles. The highest BCUT2D eigenvalue weighted by molar-refractivity contribution is 7.66. The van der Waals surface area contributed by atoms with Crippen molar-refractivity contribution >= 4 is 40.6 Å². The highest BCUT2D eigenvalue weighted by atomic mass is 31.3. The molecule has 186 valence electrons. The van der Waals surface area contributed by atoms with E-state index in [1.165, 1.54) is 7.11 Å². The van der Waals surface area contributed by atoms with Crippen molar-refractivity contribution in [3.63, 3.8) is 0 Å². The van der Waals surface area contributed by atoms with E-state index >= 15 is 0 Å². The van der Waals surface area contributed by atoms with Gasteiger partial charge in [-0.25, -0.2) is 18.7 Å². The summed E-state index contributed by atoms with van der Waals surface area (Å²) >= 11 is 0. The number of H-pyrrole nitrogens is 1. The quantitative estimate of drug-likeness (QED) is 0.176. The number of methoxy groups -OCH3 is 1. The maximum Gasteiger partial charge on any atom is 0.490 e. The van der Waals surface area contributed by atoms with Crippen molar-refractivity contribution in [1.82, 2.24) is 19.5 Å². The van der Waals surface area contributed by atoms with E-state index in [0.717, 1.165) is 10.9 Å². The number of nitrogens with two attached hydrogens (primary N) is 1. The molecule has 2 aromatic heterocycles. The predicted molar refractivity (Wildman–Crippen MR) is 103 cm³/mol. The van der Waals surface area contributed by atoms with Crippen LogP contribution in [0.1, 0.15) is 6.23 Å². The Morgan fingerprint density at radius 2 is 1.88 bits per heavy atom. The number of rotatable bonds is 9. The molecule has 0 spiro atoms. The molecule has 0 saturated carbocycles. The van der Waals surface area contributed by atoms with Gasteiger partial charge in [0.05, 0.1) is 12.9 Å². The second-order valence-electron chi connectivity index (χ2n) is 6.45. The molecular formula is C11H18N5O14P3. The minimum Gasteiger partial charge on any atom is -0.386 e. The number of aromatic amines is 1. The van der Waals surface area contributed by atoms with Crippen LogP contribution in [0.2, 0.25) is 0 Å². The molecule has 0 radical (unpaired) electrons. The lowest BCUT2D eigenvalue weighted by Crippen LogP contribution is -2.36. The highest BCUT2D eigenvalue weighted by Gasteiger charge is 2.51. The zero-order valence-electron chi connectivity index (χ0n) is 16.3. The van der Waals surface area contributed by atoms with Gasteiger partial charge in [-0.3, -0.25) is 18.9 Å². The number of aliphatic hydroxyl groups is 1. The van der Waals surface area contributed by atoms with Gasteiger partial charge < -0.3 is 39.9 Å². The van der Waals surface area contributed by atoms with Crippen LogP contribution in [0, 0.1) is 0 Å². The number of fused-ring (bicyclic) bond motifs is 1. The van der Waals surface area contributed by atoms with Crippen molar-refractivity contribution in [2.75, 3.05) is 19.5 Å². The molecule has 2 aromatic rings. The van der Waals surface area contributed by atoms with Gasteiger partial charge in [-0.15, -0.1) is 0 Å².